The molecule has 2 saturated heterocycles. The Morgan fingerprint density at radius 3 is 2.33 bits per heavy atom. The summed E-state index contributed by atoms with van der Waals surface area (Å²) in [5, 5.41) is 3.11. The van der Waals surface area contributed by atoms with Gasteiger partial charge in [-0.2, -0.15) is 0 Å². The summed E-state index contributed by atoms with van der Waals surface area (Å²) in [4.78, 5) is 31.6. The first-order valence-electron chi connectivity index (χ1n) is 10.2. The lowest BCUT2D eigenvalue weighted by Gasteiger charge is -2.26. The van der Waals surface area contributed by atoms with Crippen LogP contribution in [0.25, 0.3) is 0 Å². The highest BCUT2D eigenvalue weighted by atomic mass is 16.2. The third-order valence-corrected chi connectivity index (χ3v) is 5.84. The minimum Gasteiger partial charge on any atom is -0.372 e. The Hall–Kier alpha value is -2.08. The van der Waals surface area contributed by atoms with Gasteiger partial charge in [-0.3, -0.25) is 14.5 Å². The number of hydrogen-bond acceptors (Lipinski definition) is 4. The van der Waals surface area contributed by atoms with E-state index in [9.17, 15) is 9.59 Å². The quantitative estimate of drug-likeness (QED) is 0.829. The third-order valence-electron chi connectivity index (χ3n) is 5.84. The fourth-order valence-electron chi connectivity index (χ4n) is 4.21. The number of likely N-dealkylation sites (N-methyl/N-ethyl adjacent to an activating group) is 2. The van der Waals surface area contributed by atoms with Gasteiger partial charge in [-0.05, 0) is 64.4 Å². The molecule has 0 bridgehead atoms. The van der Waals surface area contributed by atoms with Crippen molar-refractivity contribution in [1.82, 2.24) is 15.1 Å². The summed E-state index contributed by atoms with van der Waals surface area (Å²) < 4.78 is 0. The molecule has 2 fully saturated rings. The van der Waals surface area contributed by atoms with Crippen LogP contribution in [0.5, 0.6) is 0 Å². The summed E-state index contributed by atoms with van der Waals surface area (Å²) in [5.41, 5.74) is 1.87. The molecule has 2 atom stereocenters. The van der Waals surface area contributed by atoms with Crippen LogP contribution in [-0.4, -0.2) is 73.5 Å². The Bertz CT molecular complexity index is 651. The van der Waals surface area contributed by atoms with Crippen molar-refractivity contribution in [2.75, 3.05) is 44.7 Å². The van der Waals surface area contributed by atoms with Gasteiger partial charge in [-0.1, -0.05) is 0 Å². The first kappa shape index (κ1) is 19.7. The van der Waals surface area contributed by atoms with E-state index in [2.05, 4.69) is 15.1 Å². The summed E-state index contributed by atoms with van der Waals surface area (Å²) in [7, 11) is 1.96. The van der Waals surface area contributed by atoms with Crippen LogP contribution in [0.1, 0.15) is 43.5 Å². The zero-order valence-corrected chi connectivity index (χ0v) is 16.8. The molecule has 0 radical (unpaired) electrons. The summed E-state index contributed by atoms with van der Waals surface area (Å²) >= 11 is 0. The number of benzene rings is 1. The molecule has 27 heavy (non-hydrogen) atoms. The van der Waals surface area contributed by atoms with Gasteiger partial charge in [-0.25, -0.2) is 0 Å². The highest BCUT2D eigenvalue weighted by Gasteiger charge is 2.36. The van der Waals surface area contributed by atoms with Gasteiger partial charge in [0.2, 0.25) is 5.91 Å². The van der Waals surface area contributed by atoms with Gasteiger partial charge in [0.1, 0.15) is 0 Å². The van der Waals surface area contributed by atoms with Crippen LogP contribution in [0.15, 0.2) is 24.3 Å². The van der Waals surface area contributed by atoms with Crippen molar-refractivity contribution in [3.63, 3.8) is 0 Å². The zero-order chi connectivity index (χ0) is 19.4. The minimum absolute atomic E-state index is 0.00488. The Kier molecular flexibility index (Phi) is 6.37. The molecule has 0 saturated carbocycles. The van der Waals surface area contributed by atoms with E-state index in [0.717, 1.165) is 26.2 Å². The predicted molar refractivity (Wildman–Crippen MR) is 108 cm³/mol. The lowest BCUT2D eigenvalue weighted by molar-refractivity contribution is -0.135. The van der Waals surface area contributed by atoms with Gasteiger partial charge in [0, 0.05) is 50.0 Å². The number of likely N-dealkylation sites (tertiary alicyclic amines) is 1. The van der Waals surface area contributed by atoms with E-state index >= 15 is 0 Å². The summed E-state index contributed by atoms with van der Waals surface area (Å²) in [6.07, 6.45) is 3.15. The van der Waals surface area contributed by atoms with E-state index in [4.69, 9.17) is 0 Å². The number of hydrogen-bond donors (Lipinski definition) is 1. The summed E-state index contributed by atoms with van der Waals surface area (Å²) in [6.45, 7) is 8.35. The zero-order valence-electron chi connectivity index (χ0n) is 16.8. The maximum absolute atomic E-state index is 12.6. The molecule has 0 aromatic heterocycles. The highest BCUT2D eigenvalue weighted by molar-refractivity contribution is 5.95. The van der Waals surface area contributed by atoms with Gasteiger partial charge in [0.15, 0.2) is 0 Å². The molecular formula is C21H32N4O2. The third kappa shape index (κ3) is 4.43. The summed E-state index contributed by atoms with van der Waals surface area (Å²) in [6, 6.07) is 7.74. The number of carbonyl (C=O) groups excluding carboxylic acids is 2. The second kappa shape index (κ2) is 8.74. The molecule has 6 heteroatoms. The van der Waals surface area contributed by atoms with Crippen LogP contribution in [0.3, 0.4) is 0 Å². The Balaban J connectivity index is 1.57. The molecule has 0 unspecified atom stereocenters. The molecule has 6 nitrogen and oxygen atoms in total. The first-order chi connectivity index (χ1) is 13.0. The van der Waals surface area contributed by atoms with Gasteiger partial charge in [0.25, 0.3) is 5.91 Å². The van der Waals surface area contributed by atoms with Crippen molar-refractivity contribution in [2.24, 2.45) is 0 Å². The largest absolute Gasteiger partial charge is 0.372 e. The molecule has 3 rings (SSSR count). The van der Waals surface area contributed by atoms with E-state index in [1.54, 1.807) is 0 Å². The van der Waals surface area contributed by atoms with Crippen molar-refractivity contribution in [1.29, 1.82) is 0 Å². The van der Waals surface area contributed by atoms with Gasteiger partial charge in [0.05, 0.1) is 6.04 Å². The number of amides is 2. The Morgan fingerprint density at radius 2 is 1.74 bits per heavy atom. The van der Waals surface area contributed by atoms with E-state index in [1.165, 1.54) is 18.5 Å². The van der Waals surface area contributed by atoms with Gasteiger partial charge >= 0.3 is 0 Å². The SMILES string of the molecule is CCN(CC)C(=O)[C@@H]1C[C@@H](NC(=O)c2ccc(N3CCCC3)cc2)CN1C. The number of nitrogens with one attached hydrogen (secondary N) is 1. The van der Waals surface area contributed by atoms with Crippen LogP contribution in [0, 0.1) is 0 Å². The molecular weight excluding hydrogens is 340 g/mol. The fourth-order valence-corrected chi connectivity index (χ4v) is 4.21. The maximum Gasteiger partial charge on any atom is 0.251 e. The standard InChI is InChI=1S/C21H32N4O2/c1-4-24(5-2)21(27)19-14-17(15-23(19)3)22-20(26)16-8-10-18(11-9-16)25-12-6-7-13-25/h8-11,17,19H,4-7,12-15H2,1-3H3,(H,22,26)/t17-,19+/m1/s1. The van der Waals surface area contributed by atoms with E-state index in [0.29, 0.717) is 18.5 Å². The monoisotopic (exact) mass is 372 g/mol. The van der Waals surface area contributed by atoms with E-state index < -0.39 is 0 Å². The fraction of sp³-hybridized carbons (Fsp3) is 0.619. The molecule has 2 aliphatic rings. The Morgan fingerprint density at radius 1 is 1.11 bits per heavy atom. The van der Waals surface area contributed by atoms with Crippen molar-refractivity contribution < 1.29 is 9.59 Å². The lowest BCUT2D eigenvalue weighted by atomic mass is 10.1. The maximum atomic E-state index is 12.6. The van der Waals surface area contributed by atoms with Crippen molar-refractivity contribution >= 4 is 17.5 Å². The van der Waals surface area contributed by atoms with Crippen LogP contribution in [-0.2, 0) is 4.79 Å². The van der Waals surface area contributed by atoms with Crippen LogP contribution < -0.4 is 10.2 Å². The number of anilines is 1. The van der Waals surface area contributed by atoms with Crippen molar-refractivity contribution in [3.05, 3.63) is 29.8 Å². The molecule has 2 amide bonds. The molecule has 2 aliphatic heterocycles. The number of rotatable bonds is 6. The molecule has 148 valence electrons. The normalized spacial score (nSPS) is 22.9. The number of carbonyl (C=O) groups is 2. The molecule has 1 N–H and O–H groups in total. The average Bonchev–Trinajstić information content (AvgIpc) is 3.32. The topological polar surface area (TPSA) is 55.9 Å². The minimum atomic E-state index is -0.146. The molecule has 1 aromatic rings. The van der Waals surface area contributed by atoms with Gasteiger partial charge < -0.3 is 15.1 Å². The van der Waals surface area contributed by atoms with Crippen molar-refractivity contribution in [3.8, 4) is 0 Å². The van der Waals surface area contributed by atoms with Crippen LogP contribution in [0.2, 0.25) is 0 Å². The smallest absolute Gasteiger partial charge is 0.251 e. The molecule has 0 spiro atoms. The molecule has 1 aromatic carbocycles. The predicted octanol–water partition coefficient (Wildman–Crippen LogP) is 1.96. The second-order valence-corrected chi connectivity index (χ2v) is 7.61. The van der Waals surface area contributed by atoms with Crippen molar-refractivity contribution in [2.45, 2.75) is 45.2 Å². The number of nitrogens with zero attached hydrogens (tertiary/aromatic N) is 3. The summed E-state index contributed by atoms with van der Waals surface area (Å²) in [5.74, 6) is 0.103. The van der Waals surface area contributed by atoms with Crippen LogP contribution in [0.4, 0.5) is 5.69 Å². The average molecular weight is 373 g/mol. The lowest BCUT2D eigenvalue weighted by Crippen LogP contribution is -2.44. The molecule has 0 aliphatic carbocycles. The first-order valence-corrected chi connectivity index (χ1v) is 10.2. The molecule has 2 heterocycles. The highest BCUT2D eigenvalue weighted by Crippen LogP contribution is 2.21. The van der Waals surface area contributed by atoms with Gasteiger partial charge in [-0.15, -0.1) is 0 Å². The van der Waals surface area contributed by atoms with E-state index in [-0.39, 0.29) is 23.9 Å². The van der Waals surface area contributed by atoms with Crippen LogP contribution >= 0.6 is 0 Å². The second-order valence-electron chi connectivity index (χ2n) is 7.61. The van der Waals surface area contributed by atoms with E-state index in [1.807, 2.05) is 50.1 Å². The Labute approximate surface area is 162 Å².